The molecule has 1 aromatic carbocycles. The number of pyridine rings is 1. The Morgan fingerprint density at radius 3 is 3.00 bits per heavy atom. The van der Waals surface area contributed by atoms with Gasteiger partial charge in [0.15, 0.2) is 0 Å². The lowest BCUT2D eigenvalue weighted by Gasteiger charge is -2.32. The zero-order valence-corrected chi connectivity index (χ0v) is 15.0. The van der Waals surface area contributed by atoms with Gasteiger partial charge in [-0.1, -0.05) is 24.3 Å². The van der Waals surface area contributed by atoms with Gasteiger partial charge < -0.3 is 9.88 Å². The van der Waals surface area contributed by atoms with E-state index in [9.17, 15) is 4.79 Å². The Kier molecular flexibility index (Phi) is 4.38. The van der Waals surface area contributed by atoms with E-state index in [1.807, 2.05) is 35.6 Å². The molecule has 3 aromatic rings. The SMILES string of the molecule is Cc1nnc2n1CC(C(=O)NCCc1cccc3cccnc13)N(C)C2. The van der Waals surface area contributed by atoms with Crippen LogP contribution in [0.5, 0.6) is 0 Å². The van der Waals surface area contributed by atoms with Crippen molar-refractivity contribution in [3.05, 3.63) is 53.7 Å². The van der Waals surface area contributed by atoms with Gasteiger partial charge >= 0.3 is 0 Å². The number of carbonyl (C=O) groups is 1. The molecule has 0 spiro atoms. The zero-order chi connectivity index (χ0) is 18.1. The molecular formula is C19H22N6O. The van der Waals surface area contributed by atoms with Crippen molar-refractivity contribution in [2.45, 2.75) is 32.5 Å². The fraction of sp³-hybridized carbons (Fsp3) is 0.368. The summed E-state index contributed by atoms with van der Waals surface area (Å²) in [7, 11) is 1.95. The van der Waals surface area contributed by atoms with E-state index in [0.29, 0.717) is 19.6 Å². The summed E-state index contributed by atoms with van der Waals surface area (Å²) in [6, 6.07) is 9.95. The molecule has 7 nitrogen and oxygen atoms in total. The number of amides is 1. The molecule has 1 atom stereocenters. The van der Waals surface area contributed by atoms with Crippen molar-refractivity contribution in [3.63, 3.8) is 0 Å². The minimum atomic E-state index is -0.206. The molecule has 1 aliphatic heterocycles. The van der Waals surface area contributed by atoms with Gasteiger partial charge in [-0.05, 0) is 32.0 Å². The predicted molar refractivity (Wildman–Crippen MR) is 98.5 cm³/mol. The molecule has 7 heteroatoms. The highest BCUT2D eigenvalue weighted by Crippen LogP contribution is 2.17. The molecule has 0 bridgehead atoms. The summed E-state index contributed by atoms with van der Waals surface area (Å²) in [6.45, 7) is 3.73. The third-order valence-electron chi connectivity index (χ3n) is 5.00. The number of benzene rings is 1. The minimum Gasteiger partial charge on any atom is -0.354 e. The quantitative estimate of drug-likeness (QED) is 0.768. The summed E-state index contributed by atoms with van der Waals surface area (Å²) in [5.41, 5.74) is 2.15. The van der Waals surface area contributed by atoms with Crippen LogP contribution < -0.4 is 5.32 Å². The van der Waals surface area contributed by atoms with Crippen LogP contribution in [0.4, 0.5) is 0 Å². The van der Waals surface area contributed by atoms with Crippen molar-refractivity contribution in [3.8, 4) is 0 Å². The number of likely N-dealkylation sites (N-methyl/N-ethyl adjacent to an activating group) is 1. The number of hydrogen-bond donors (Lipinski definition) is 1. The third kappa shape index (κ3) is 3.06. The van der Waals surface area contributed by atoms with Crippen LogP contribution >= 0.6 is 0 Å². The van der Waals surface area contributed by atoms with Gasteiger partial charge in [-0.25, -0.2) is 0 Å². The molecule has 0 fully saturated rings. The molecule has 4 rings (SSSR count). The van der Waals surface area contributed by atoms with E-state index in [1.165, 1.54) is 0 Å². The summed E-state index contributed by atoms with van der Waals surface area (Å²) in [4.78, 5) is 19.2. The average molecular weight is 350 g/mol. The average Bonchev–Trinajstić information content (AvgIpc) is 3.01. The summed E-state index contributed by atoms with van der Waals surface area (Å²) >= 11 is 0. The lowest BCUT2D eigenvalue weighted by molar-refractivity contribution is -0.127. The van der Waals surface area contributed by atoms with E-state index in [4.69, 9.17) is 0 Å². The highest BCUT2D eigenvalue weighted by molar-refractivity contribution is 5.83. The highest BCUT2D eigenvalue weighted by atomic mass is 16.2. The fourth-order valence-electron chi connectivity index (χ4n) is 3.52. The Bertz CT molecular complexity index is 945. The van der Waals surface area contributed by atoms with E-state index in [0.717, 1.165) is 34.5 Å². The van der Waals surface area contributed by atoms with Gasteiger partial charge in [0.2, 0.25) is 5.91 Å². The Hall–Kier alpha value is -2.80. The zero-order valence-electron chi connectivity index (χ0n) is 15.0. The Morgan fingerprint density at radius 2 is 2.12 bits per heavy atom. The smallest absolute Gasteiger partial charge is 0.239 e. The number of nitrogens with zero attached hydrogens (tertiary/aromatic N) is 5. The summed E-state index contributed by atoms with van der Waals surface area (Å²) in [5, 5.41) is 12.5. The fourth-order valence-corrected chi connectivity index (χ4v) is 3.52. The van der Waals surface area contributed by atoms with Crippen molar-refractivity contribution in [2.75, 3.05) is 13.6 Å². The summed E-state index contributed by atoms with van der Waals surface area (Å²) < 4.78 is 2.03. The van der Waals surface area contributed by atoms with Crippen LogP contribution in [0.2, 0.25) is 0 Å². The van der Waals surface area contributed by atoms with E-state index < -0.39 is 0 Å². The molecule has 0 aliphatic carbocycles. The van der Waals surface area contributed by atoms with Gasteiger partial charge in [-0.2, -0.15) is 0 Å². The largest absolute Gasteiger partial charge is 0.354 e. The molecule has 0 saturated heterocycles. The number of rotatable bonds is 4. The lowest BCUT2D eigenvalue weighted by atomic mass is 10.1. The number of para-hydroxylation sites is 1. The van der Waals surface area contributed by atoms with Crippen molar-refractivity contribution in [2.24, 2.45) is 0 Å². The number of fused-ring (bicyclic) bond motifs is 2. The second-order valence-corrected chi connectivity index (χ2v) is 6.74. The van der Waals surface area contributed by atoms with Crippen molar-refractivity contribution >= 4 is 16.8 Å². The van der Waals surface area contributed by atoms with E-state index in [-0.39, 0.29) is 11.9 Å². The maximum atomic E-state index is 12.7. The maximum Gasteiger partial charge on any atom is 0.239 e. The lowest BCUT2D eigenvalue weighted by Crippen LogP contribution is -2.50. The molecule has 0 saturated carbocycles. The van der Waals surface area contributed by atoms with Gasteiger partial charge in [0.1, 0.15) is 17.7 Å². The molecule has 26 heavy (non-hydrogen) atoms. The second-order valence-electron chi connectivity index (χ2n) is 6.74. The summed E-state index contributed by atoms with van der Waals surface area (Å²) in [6.07, 6.45) is 2.56. The maximum absolute atomic E-state index is 12.7. The van der Waals surface area contributed by atoms with Crippen LogP contribution in [0, 0.1) is 6.92 Å². The first-order valence-corrected chi connectivity index (χ1v) is 8.83. The minimum absolute atomic E-state index is 0.0412. The Labute approximate surface area is 152 Å². The van der Waals surface area contributed by atoms with Crippen LogP contribution in [0.25, 0.3) is 10.9 Å². The van der Waals surface area contributed by atoms with Gasteiger partial charge in [-0.15, -0.1) is 10.2 Å². The van der Waals surface area contributed by atoms with Crippen LogP contribution in [0.15, 0.2) is 36.5 Å². The van der Waals surface area contributed by atoms with Crippen LogP contribution in [-0.2, 0) is 24.3 Å². The number of carbonyl (C=O) groups excluding carboxylic acids is 1. The van der Waals surface area contributed by atoms with E-state index in [2.05, 4.69) is 38.7 Å². The molecule has 2 aromatic heterocycles. The van der Waals surface area contributed by atoms with E-state index >= 15 is 0 Å². The van der Waals surface area contributed by atoms with Crippen LogP contribution in [0.3, 0.4) is 0 Å². The summed E-state index contributed by atoms with van der Waals surface area (Å²) in [5.74, 6) is 1.81. The number of hydrogen-bond acceptors (Lipinski definition) is 5. The number of aromatic nitrogens is 4. The van der Waals surface area contributed by atoms with Crippen molar-refractivity contribution in [1.29, 1.82) is 0 Å². The topological polar surface area (TPSA) is 75.9 Å². The van der Waals surface area contributed by atoms with Gasteiger partial charge in [0.05, 0.1) is 18.6 Å². The first kappa shape index (κ1) is 16.7. The van der Waals surface area contributed by atoms with Crippen LogP contribution in [0.1, 0.15) is 17.2 Å². The molecule has 1 N–H and O–H groups in total. The third-order valence-corrected chi connectivity index (χ3v) is 5.00. The highest BCUT2D eigenvalue weighted by Gasteiger charge is 2.30. The Balaban J connectivity index is 1.40. The van der Waals surface area contributed by atoms with Crippen molar-refractivity contribution in [1.82, 2.24) is 30.0 Å². The molecule has 0 radical (unpaired) electrons. The molecule has 1 unspecified atom stereocenters. The van der Waals surface area contributed by atoms with Gasteiger partial charge in [-0.3, -0.25) is 14.7 Å². The van der Waals surface area contributed by atoms with Crippen molar-refractivity contribution < 1.29 is 4.79 Å². The van der Waals surface area contributed by atoms with Gasteiger partial charge in [0, 0.05) is 18.1 Å². The normalized spacial score (nSPS) is 17.2. The van der Waals surface area contributed by atoms with Gasteiger partial charge in [0.25, 0.3) is 0 Å². The number of aryl methyl sites for hydroxylation is 1. The monoisotopic (exact) mass is 350 g/mol. The van der Waals surface area contributed by atoms with E-state index in [1.54, 1.807) is 6.20 Å². The first-order valence-electron chi connectivity index (χ1n) is 8.83. The molecule has 134 valence electrons. The molecule has 1 amide bonds. The van der Waals surface area contributed by atoms with Crippen LogP contribution in [-0.4, -0.2) is 50.2 Å². The standard InChI is InChI=1S/C19H22N6O/c1-13-22-23-17-12-24(2)16(11-25(13)17)19(26)21-10-8-15-6-3-5-14-7-4-9-20-18(14)15/h3-7,9,16H,8,10-12H2,1-2H3,(H,21,26). The number of nitrogens with one attached hydrogen (secondary N) is 1. The first-order chi connectivity index (χ1) is 12.6. The Morgan fingerprint density at radius 1 is 1.27 bits per heavy atom. The molecule has 1 aliphatic rings. The second kappa shape index (κ2) is 6.84. The molecule has 3 heterocycles. The predicted octanol–water partition coefficient (Wildman–Crippen LogP) is 1.31. The molecular weight excluding hydrogens is 328 g/mol.